The van der Waals surface area contributed by atoms with Crippen LogP contribution in [0.1, 0.15) is 12.0 Å². The number of carbonyl (C=O) groups is 2. The molecular weight excluding hydrogens is 352 g/mol. The highest BCUT2D eigenvalue weighted by Gasteiger charge is 2.14. The van der Waals surface area contributed by atoms with Gasteiger partial charge < -0.3 is 30.0 Å². The quantitative estimate of drug-likeness (QED) is 0.654. The second-order valence-electron chi connectivity index (χ2n) is 5.58. The topological polar surface area (TPSA) is 106 Å². The van der Waals surface area contributed by atoms with Crippen LogP contribution >= 0.6 is 0 Å². The molecule has 0 saturated heterocycles. The number of ether oxygens (including phenoxy) is 3. The Morgan fingerprint density at radius 2 is 1.59 bits per heavy atom. The number of benzene rings is 2. The standard InChI is InChI=1S/C19H22N2O6/c1-25-15-11-17(27-3)16(26-2)10-14(15)21-19(24)20-13-6-4-5-12(9-13)7-8-18(22)23/h4-6,9-11H,7-8H2,1-3H3,(H,22,23)(H2,20,21,24). The minimum atomic E-state index is -0.869. The van der Waals surface area contributed by atoms with Crippen molar-refractivity contribution in [2.45, 2.75) is 12.8 Å². The molecule has 2 aromatic rings. The lowest BCUT2D eigenvalue weighted by molar-refractivity contribution is -0.136. The van der Waals surface area contributed by atoms with Gasteiger partial charge in [0.2, 0.25) is 0 Å². The normalized spacial score (nSPS) is 10.0. The Labute approximate surface area is 157 Å². The molecule has 0 aromatic heterocycles. The van der Waals surface area contributed by atoms with Crippen molar-refractivity contribution in [3.63, 3.8) is 0 Å². The summed E-state index contributed by atoms with van der Waals surface area (Å²) >= 11 is 0. The first-order valence-corrected chi connectivity index (χ1v) is 8.15. The van der Waals surface area contributed by atoms with Gasteiger partial charge in [-0.05, 0) is 24.1 Å². The fourth-order valence-electron chi connectivity index (χ4n) is 2.47. The van der Waals surface area contributed by atoms with Crippen LogP contribution < -0.4 is 24.8 Å². The van der Waals surface area contributed by atoms with Crippen LogP contribution in [0.15, 0.2) is 36.4 Å². The molecule has 0 radical (unpaired) electrons. The van der Waals surface area contributed by atoms with Crippen LogP contribution in [0.5, 0.6) is 17.2 Å². The number of nitrogens with one attached hydrogen (secondary N) is 2. The summed E-state index contributed by atoms with van der Waals surface area (Å²) in [6.45, 7) is 0. The number of aryl methyl sites for hydroxylation is 1. The van der Waals surface area contributed by atoms with Crippen molar-refractivity contribution in [1.29, 1.82) is 0 Å². The van der Waals surface area contributed by atoms with E-state index in [4.69, 9.17) is 19.3 Å². The van der Waals surface area contributed by atoms with E-state index in [1.54, 1.807) is 30.3 Å². The van der Waals surface area contributed by atoms with Gasteiger partial charge in [-0.25, -0.2) is 4.79 Å². The highest BCUT2D eigenvalue weighted by molar-refractivity contribution is 6.01. The Morgan fingerprint density at radius 3 is 2.22 bits per heavy atom. The van der Waals surface area contributed by atoms with Gasteiger partial charge in [0, 0.05) is 24.2 Å². The molecular formula is C19H22N2O6. The van der Waals surface area contributed by atoms with Crippen LogP contribution in [-0.4, -0.2) is 38.4 Å². The largest absolute Gasteiger partial charge is 0.494 e. The van der Waals surface area contributed by atoms with Crippen molar-refractivity contribution < 1.29 is 28.9 Å². The second kappa shape index (κ2) is 9.33. The summed E-state index contributed by atoms with van der Waals surface area (Å²) in [7, 11) is 4.49. The van der Waals surface area contributed by atoms with Gasteiger partial charge >= 0.3 is 12.0 Å². The fraction of sp³-hybridized carbons (Fsp3) is 0.263. The predicted octanol–water partition coefficient (Wildman–Crippen LogP) is 3.37. The number of hydrogen-bond acceptors (Lipinski definition) is 5. The average molecular weight is 374 g/mol. The minimum absolute atomic E-state index is 0.0263. The summed E-state index contributed by atoms with van der Waals surface area (Å²) in [4.78, 5) is 23.0. The summed E-state index contributed by atoms with van der Waals surface area (Å²) in [5, 5.41) is 14.2. The van der Waals surface area contributed by atoms with Crippen LogP contribution in [0.3, 0.4) is 0 Å². The van der Waals surface area contributed by atoms with Gasteiger partial charge in [0.05, 0.1) is 27.0 Å². The smallest absolute Gasteiger partial charge is 0.323 e. The van der Waals surface area contributed by atoms with Gasteiger partial charge in [0.25, 0.3) is 0 Å². The molecule has 0 atom stereocenters. The number of rotatable bonds is 8. The van der Waals surface area contributed by atoms with E-state index in [2.05, 4.69) is 10.6 Å². The number of carbonyl (C=O) groups excluding carboxylic acids is 1. The fourth-order valence-corrected chi connectivity index (χ4v) is 2.47. The van der Waals surface area contributed by atoms with Crippen molar-refractivity contribution in [2.24, 2.45) is 0 Å². The highest BCUT2D eigenvalue weighted by Crippen LogP contribution is 2.37. The van der Waals surface area contributed by atoms with Gasteiger partial charge in [-0.15, -0.1) is 0 Å². The van der Waals surface area contributed by atoms with Crippen molar-refractivity contribution >= 4 is 23.4 Å². The number of methoxy groups -OCH3 is 3. The second-order valence-corrected chi connectivity index (χ2v) is 5.58. The van der Waals surface area contributed by atoms with E-state index in [1.807, 2.05) is 6.07 Å². The number of amides is 2. The van der Waals surface area contributed by atoms with E-state index in [0.29, 0.717) is 35.0 Å². The summed E-state index contributed by atoms with van der Waals surface area (Å²) in [6, 6.07) is 9.74. The summed E-state index contributed by atoms with van der Waals surface area (Å²) in [5.41, 5.74) is 1.78. The first-order valence-electron chi connectivity index (χ1n) is 8.15. The van der Waals surface area contributed by atoms with E-state index < -0.39 is 12.0 Å². The molecule has 0 aliphatic carbocycles. The summed E-state index contributed by atoms with van der Waals surface area (Å²) < 4.78 is 15.7. The Kier molecular flexibility index (Phi) is 6.87. The van der Waals surface area contributed by atoms with E-state index >= 15 is 0 Å². The van der Waals surface area contributed by atoms with E-state index in [1.165, 1.54) is 21.3 Å². The van der Waals surface area contributed by atoms with Gasteiger partial charge in [0.15, 0.2) is 11.5 Å². The van der Waals surface area contributed by atoms with Crippen molar-refractivity contribution in [1.82, 2.24) is 0 Å². The van der Waals surface area contributed by atoms with Gasteiger partial charge in [-0.1, -0.05) is 12.1 Å². The Balaban J connectivity index is 2.11. The lowest BCUT2D eigenvalue weighted by Crippen LogP contribution is -2.20. The average Bonchev–Trinajstić information content (AvgIpc) is 2.66. The third-order valence-corrected chi connectivity index (χ3v) is 3.77. The summed E-state index contributed by atoms with van der Waals surface area (Å²) in [6.07, 6.45) is 0.411. The molecule has 0 aliphatic heterocycles. The number of carboxylic acid groups (broad SMARTS) is 1. The molecule has 2 aromatic carbocycles. The molecule has 0 saturated carbocycles. The Bertz CT molecular complexity index is 822. The minimum Gasteiger partial charge on any atom is -0.494 e. The number of hydrogen-bond donors (Lipinski definition) is 3. The third-order valence-electron chi connectivity index (χ3n) is 3.77. The maximum Gasteiger partial charge on any atom is 0.323 e. The lowest BCUT2D eigenvalue weighted by Gasteiger charge is -2.15. The molecule has 0 spiro atoms. The van der Waals surface area contributed by atoms with Crippen LogP contribution in [0.2, 0.25) is 0 Å². The molecule has 0 aliphatic rings. The number of anilines is 2. The molecule has 8 nitrogen and oxygen atoms in total. The number of urea groups is 1. The van der Waals surface area contributed by atoms with Gasteiger partial charge in [0.1, 0.15) is 5.75 Å². The Hall–Kier alpha value is -3.42. The van der Waals surface area contributed by atoms with Gasteiger partial charge in [-0.3, -0.25) is 4.79 Å². The molecule has 0 heterocycles. The van der Waals surface area contributed by atoms with Crippen molar-refractivity contribution in [3.05, 3.63) is 42.0 Å². The zero-order valence-corrected chi connectivity index (χ0v) is 15.4. The highest BCUT2D eigenvalue weighted by atomic mass is 16.5. The first-order chi connectivity index (χ1) is 13.0. The zero-order valence-electron chi connectivity index (χ0n) is 15.4. The predicted molar refractivity (Wildman–Crippen MR) is 101 cm³/mol. The van der Waals surface area contributed by atoms with Crippen LogP contribution in [0.25, 0.3) is 0 Å². The molecule has 144 valence electrons. The lowest BCUT2D eigenvalue weighted by atomic mass is 10.1. The van der Waals surface area contributed by atoms with Crippen LogP contribution in [0.4, 0.5) is 16.2 Å². The molecule has 2 rings (SSSR count). The van der Waals surface area contributed by atoms with E-state index in [-0.39, 0.29) is 6.42 Å². The molecule has 2 amide bonds. The maximum absolute atomic E-state index is 12.3. The van der Waals surface area contributed by atoms with E-state index in [9.17, 15) is 9.59 Å². The molecule has 0 fully saturated rings. The monoisotopic (exact) mass is 374 g/mol. The SMILES string of the molecule is COc1cc(OC)c(OC)cc1NC(=O)Nc1cccc(CCC(=O)O)c1. The first kappa shape index (κ1) is 19.9. The van der Waals surface area contributed by atoms with Crippen molar-refractivity contribution in [3.8, 4) is 17.2 Å². The number of aliphatic carboxylic acids is 1. The van der Waals surface area contributed by atoms with E-state index in [0.717, 1.165) is 5.56 Å². The maximum atomic E-state index is 12.3. The van der Waals surface area contributed by atoms with Crippen molar-refractivity contribution in [2.75, 3.05) is 32.0 Å². The van der Waals surface area contributed by atoms with Crippen LogP contribution in [0, 0.1) is 0 Å². The molecule has 8 heteroatoms. The van der Waals surface area contributed by atoms with Gasteiger partial charge in [-0.2, -0.15) is 0 Å². The van der Waals surface area contributed by atoms with Crippen LogP contribution in [-0.2, 0) is 11.2 Å². The summed E-state index contributed by atoms with van der Waals surface area (Å²) in [5.74, 6) is 0.473. The molecule has 0 bridgehead atoms. The molecule has 3 N–H and O–H groups in total. The molecule has 0 unspecified atom stereocenters. The molecule has 27 heavy (non-hydrogen) atoms. The third kappa shape index (κ3) is 5.53. The zero-order chi connectivity index (χ0) is 19.8. The number of carboxylic acids is 1. The Morgan fingerprint density at radius 1 is 0.926 bits per heavy atom.